The number of rotatable bonds is 3. The van der Waals surface area contributed by atoms with Gasteiger partial charge in [0.05, 0.1) is 0 Å². The Kier molecular flexibility index (Phi) is 5.31. The topological polar surface area (TPSA) is 171 Å². The fourth-order valence-corrected chi connectivity index (χ4v) is 2.68. The molecule has 0 saturated carbocycles. The summed E-state index contributed by atoms with van der Waals surface area (Å²) < 4.78 is 32.1. The van der Waals surface area contributed by atoms with Crippen molar-refractivity contribution >= 4 is 42.3 Å². The molecule has 1 heterocycles. The summed E-state index contributed by atoms with van der Waals surface area (Å²) in [5.74, 6) is -0.382. The van der Waals surface area contributed by atoms with Crippen LogP contribution in [0.25, 0.3) is 0 Å². The molecule has 11 nitrogen and oxygen atoms in total. The zero-order chi connectivity index (χ0) is 17.7. The van der Waals surface area contributed by atoms with Gasteiger partial charge in [0.2, 0.25) is 0 Å². The molecular formula is C12H11AsN4O7. The molecule has 12 heteroatoms. The number of hydrazone groups is 1. The number of carbonyl (C=O) groups excluding carboxylic acids is 1. The summed E-state index contributed by atoms with van der Waals surface area (Å²) in [6, 6.07) is 1.62. The van der Waals surface area contributed by atoms with Crippen LogP contribution < -0.4 is 5.43 Å². The van der Waals surface area contributed by atoms with E-state index in [0.29, 0.717) is 0 Å². The van der Waals surface area contributed by atoms with Gasteiger partial charge in [-0.1, -0.05) is 0 Å². The number of aliphatic imine (C=N–C) groups is 1. The molecule has 0 atom stereocenters. The van der Waals surface area contributed by atoms with E-state index in [9.17, 15) is 14.9 Å². The molecule has 0 saturated heterocycles. The van der Waals surface area contributed by atoms with Gasteiger partial charge in [0, 0.05) is 0 Å². The predicted molar refractivity (Wildman–Crippen MR) is 84.6 cm³/mol. The van der Waals surface area contributed by atoms with E-state index in [1.807, 2.05) is 0 Å². The third kappa shape index (κ3) is 4.89. The van der Waals surface area contributed by atoms with Crippen LogP contribution in [0.3, 0.4) is 0 Å². The van der Waals surface area contributed by atoms with Gasteiger partial charge in [-0.15, -0.1) is 0 Å². The van der Waals surface area contributed by atoms with Gasteiger partial charge in [-0.2, -0.15) is 0 Å². The van der Waals surface area contributed by atoms with E-state index in [1.165, 1.54) is 30.4 Å². The van der Waals surface area contributed by atoms with Crippen molar-refractivity contribution in [3.05, 3.63) is 52.3 Å². The van der Waals surface area contributed by atoms with Crippen LogP contribution in [0.4, 0.5) is 10.7 Å². The Morgan fingerprint density at radius 3 is 2.46 bits per heavy atom. The Balaban J connectivity index is 1.95. The molecule has 1 aromatic rings. The van der Waals surface area contributed by atoms with Crippen LogP contribution in [0.15, 0.2) is 50.9 Å². The second-order valence-electron chi connectivity index (χ2n) is 4.30. The van der Waals surface area contributed by atoms with Gasteiger partial charge in [0.25, 0.3) is 0 Å². The molecule has 2 rings (SSSR count). The molecule has 0 unspecified atom stereocenters. The van der Waals surface area contributed by atoms with E-state index in [2.05, 4.69) is 15.5 Å². The van der Waals surface area contributed by atoms with Crippen molar-refractivity contribution in [2.75, 3.05) is 0 Å². The molecule has 0 bridgehead atoms. The molecule has 0 radical (unpaired) electrons. The number of carbonyl (C=O) groups is 1. The minimum atomic E-state index is -4.72. The van der Waals surface area contributed by atoms with E-state index in [0.717, 1.165) is 12.3 Å². The number of nitrogens with zero attached hydrogens (tertiary/aromatic N) is 3. The van der Waals surface area contributed by atoms with E-state index in [4.69, 9.17) is 16.7 Å². The first-order valence-electron chi connectivity index (χ1n) is 6.22. The molecule has 0 aliphatic heterocycles. The third-order valence-electron chi connectivity index (χ3n) is 2.57. The minimum absolute atomic E-state index is 0.0232. The van der Waals surface area contributed by atoms with Gasteiger partial charge >= 0.3 is 121 Å². The number of nitrogens with one attached hydrogen (secondary N) is 1. The Labute approximate surface area is 137 Å². The first kappa shape index (κ1) is 17.6. The van der Waals surface area contributed by atoms with Crippen molar-refractivity contribution in [2.45, 2.75) is 0 Å². The quantitative estimate of drug-likeness (QED) is 0.229. The summed E-state index contributed by atoms with van der Waals surface area (Å²) in [6.45, 7) is 0. The molecule has 2 amide bonds. The van der Waals surface area contributed by atoms with E-state index >= 15 is 0 Å². The van der Waals surface area contributed by atoms with Gasteiger partial charge < -0.3 is 0 Å². The fourth-order valence-electron chi connectivity index (χ4n) is 1.53. The van der Waals surface area contributed by atoms with Crippen LogP contribution >= 0.6 is 0 Å². The van der Waals surface area contributed by atoms with Gasteiger partial charge in [-0.25, -0.2) is 0 Å². The van der Waals surface area contributed by atoms with Crippen molar-refractivity contribution < 1.29 is 26.4 Å². The molecule has 1 aliphatic carbocycles. The monoisotopic (exact) mass is 398 g/mol. The van der Waals surface area contributed by atoms with Crippen LogP contribution in [0, 0.1) is 10.1 Å². The predicted octanol–water partition coefficient (Wildman–Crippen LogP) is -0.532. The van der Waals surface area contributed by atoms with E-state index in [1.54, 1.807) is 0 Å². The van der Waals surface area contributed by atoms with Crippen molar-refractivity contribution in [3.63, 3.8) is 0 Å². The summed E-state index contributed by atoms with van der Waals surface area (Å²) in [4.78, 5) is 24.9. The average Bonchev–Trinajstić information content (AvgIpc) is 2.96. The van der Waals surface area contributed by atoms with Crippen LogP contribution in [0.2, 0.25) is 0 Å². The SMILES string of the molecule is O=C(N=C1C=CC(=[As](O)(O)O)C=C1)N/N=C\c1ccc([N+](=O)[O-])o1. The number of hydrogen-bond acceptors (Lipinski definition) is 8. The Morgan fingerprint density at radius 2 is 1.92 bits per heavy atom. The van der Waals surface area contributed by atoms with Crippen LogP contribution in [0.1, 0.15) is 5.76 Å². The zero-order valence-electron chi connectivity index (χ0n) is 11.8. The number of furan rings is 1. The van der Waals surface area contributed by atoms with Gasteiger partial charge in [-0.05, 0) is 0 Å². The van der Waals surface area contributed by atoms with E-state index in [-0.39, 0.29) is 15.8 Å². The molecule has 126 valence electrons. The second-order valence-corrected chi connectivity index (χ2v) is 7.77. The normalized spacial score (nSPS) is 14.3. The molecule has 1 aliphatic rings. The van der Waals surface area contributed by atoms with Gasteiger partial charge in [0.15, 0.2) is 0 Å². The van der Waals surface area contributed by atoms with Gasteiger partial charge in [-0.3, -0.25) is 10.1 Å². The molecule has 0 spiro atoms. The first-order chi connectivity index (χ1) is 11.3. The number of nitro groups is 1. The summed E-state index contributed by atoms with van der Waals surface area (Å²) in [5.41, 5.74) is 2.26. The first-order valence-corrected chi connectivity index (χ1v) is 9.68. The number of amides is 2. The van der Waals surface area contributed by atoms with Crippen molar-refractivity contribution in [1.29, 1.82) is 0 Å². The molecular weight excluding hydrogens is 387 g/mol. The van der Waals surface area contributed by atoms with Crippen molar-refractivity contribution in [1.82, 2.24) is 5.43 Å². The summed E-state index contributed by atoms with van der Waals surface area (Å²) in [7, 11) is 0. The number of urea groups is 1. The van der Waals surface area contributed by atoms with Crippen molar-refractivity contribution in [3.8, 4) is 0 Å². The molecule has 24 heavy (non-hydrogen) atoms. The number of allylic oxidation sites excluding steroid dienone is 4. The zero-order valence-corrected chi connectivity index (χ0v) is 13.7. The van der Waals surface area contributed by atoms with E-state index < -0.39 is 31.0 Å². The summed E-state index contributed by atoms with van der Waals surface area (Å²) in [5, 5.41) is 13.9. The molecule has 1 aromatic heterocycles. The molecule has 0 fully saturated rings. The fraction of sp³-hybridized carbons (Fsp3) is 0. The Hall–Kier alpha value is -2.72. The molecule has 0 aromatic carbocycles. The Bertz CT molecular complexity index is 817. The van der Waals surface area contributed by atoms with Gasteiger partial charge in [0.1, 0.15) is 4.92 Å². The van der Waals surface area contributed by atoms with Crippen molar-refractivity contribution in [2.24, 2.45) is 10.1 Å². The maximum atomic E-state index is 11.5. The average molecular weight is 398 g/mol. The second kappa shape index (κ2) is 7.23. The Morgan fingerprint density at radius 1 is 1.25 bits per heavy atom. The number of hydrogen-bond donors (Lipinski definition) is 4. The van der Waals surface area contributed by atoms with Crippen LogP contribution in [0.5, 0.6) is 0 Å². The summed E-state index contributed by atoms with van der Waals surface area (Å²) in [6.07, 6.45) is 6.17. The van der Waals surface area contributed by atoms with Crippen LogP contribution in [-0.4, -0.2) is 53.6 Å². The summed E-state index contributed by atoms with van der Waals surface area (Å²) >= 11 is -4.72. The standard InChI is InChI=1S/C12H11AsN4O7/c18-12(15-9-3-1-8(2-4-9)13(19,20)21)16-14-7-10-5-6-11(24-10)17(22)23/h1-7,19-21H,(H,16,18)/b14-7-. The third-order valence-corrected chi connectivity index (χ3v) is 4.65. The molecule has 4 N–H and O–H groups in total. The maximum absolute atomic E-state index is 11.5. The van der Waals surface area contributed by atoms with Crippen LogP contribution in [-0.2, 0) is 0 Å².